The zero-order valence-electron chi connectivity index (χ0n) is 7.80. The average Bonchev–Trinajstić information content (AvgIpc) is 2.04. The minimum absolute atomic E-state index is 0. The van der Waals surface area contributed by atoms with Gasteiger partial charge >= 0.3 is 72.2 Å². The Hall–Kier alpha value is -1.33. The second-order valence-corrected chi connectivity index (χ2v) is 2.50. The van der Waals surface area contributed by atoms with Crippen LogP contribution in [-0.2, 0) is 16.0 Å². The molecule has 0 amide bonds. The van der Waals surface area contributed by atoms with Crippen LogP contribution in [-0.4, -0.2) is 31.9 Å². The normalized spacial score (nSPS) is 8.21. The molecule has 0 unspecified atom stereocenters. The number of hydrogen-bond donors (Lipinski definition) is 0. The molecule has 0 aromatic heterocycles. The topological polar surface area (TPSA) is 86.3 Å². The van der Waals surface area contributed by atoms with Gasteiger partial charge in [0.05, 0.1) is 0 Å². The largest absolute Gasteiger partial charge is 0.870 e. The molecule has 5 heteroatoms. The Morgan fingerprint density at radius 3 is 2.57 bits per heavy atom. The summed E-state index contributed by atoms with van der Waals surface area (Å²) in [6, 6.07) is 7.19. The third-order valence-electron chi connectivity index (χ3n) is 1.53. The Morgan fingerprint density at radius 1 is 1.43 bits per heavy atom. The summed E-state index contributed by atoms with van der Waals surface area (Å²) in [5.41, 5.74) is 1.54. The molecule has 0 aliphatic heterocycles. The first kappa shape index (κ1) is 15.2. The molecule has 0 aliphatic rings. The first-order chi connectivity index (χ1) is 5.72. The van der Waals surface area contributed by atoms with Crippen molar-refractivity contribution in [1.29, 1.82) is 0 Å². The van der Waals surface area contributed by atoms with Gasteiger partial charge in [0, 0.05) is 0 Å². The van der Waals surface area contributed by atoms with E-state index in [4.69, 9.17) is 7.85 Å². The van der Waals surface area contributed by atoms with E-state index >= 15 is 0 Å². The number of ether oxygens (including phenoxy) is 1. The number of esters is 1. The fourth-order valence-electron chi connectivity index (χ4n) is 0.942. The predicted molar refractivity (Wildman–Crippen MR) is 51.4 cm³/mol. The van der Waals surface area contributed by atoms with Crippen LogP contribution in [0.1, 0.15) is 5.56 Å². The van der Waals surface area contributed by atoms with Gasteiger partial charge < -0.3 is 11.0 Å². The SMILES string of the molecule is [B+2]c1cccc(CC(=O)OC)c1.[OH-].[OH-]. The summed E-state index contributed by atoms with van der Waals surface area (Å²) in [5, 5.41) is 0. The number of hydrogen-bond acceptors (Lipinski definition) is 4. The van der Waals surface area contributed by atoms with Crippen molar-refractivity contribution >= 4 is 19.3 Å². The maximum absolute atomic E-state index is 10.8. The van der Waals surface area contributed by atoms with E-state index in [1.807, 2.05) is 12.1 Å². The van der Waals surface area contributed by atoms with Crippen molar-refractivity contribution in [2.45, 2.75) is 6.42 Å². The van der Waals surface area contributed by atoms with Crippen LogP contribution < -0.4 is 5.46 Å². The number of rotatable bonds is 2. The molecule has 2 N–H and O–H groups in total. The Bertz CT molecular complexity index is 288. The van der Waals surface area contributed by atoms with Crippen LogP contribution >= 0.6 is 0 Å². The van der Waals surface area contributed by atoms with Crippen molar-refractivity contribution in [1.82, 2.24) is 0 Å². The average molecular weight is 194 g/mol. The van der Waals surface area contributed by atoms with Crippen molar-refractivity contribution in [3.8, 4) is 0 Å². The molecule has 0 fully saturated rings. The van der Waals surface area contributed by atoms with E-state index in [9.17, 15) is 4.79 Å². The molecule has 0 heterocycles. The van der Waals surface area contributed by atoms with E-state index in [0.29, 0.717) is 5.46 Å². The van der Waals surface area contributed by atoms with Crippen molar-refractivity contribution in [3.63, 3.8) is 0 Å². The molecule has 1 aromatic rings. The molecule has 1 rings (SSSR count). The third-order valence-corrected chi connectivity index (χ3v) is 1.53. The number of carbonyl (C=O) groups excluding carboxylic acids is 1. The van der Waals surface area contributed by atoms with Gasteiger partial charge in [-0.1, -0.05) is 0 Å². The maximum Gasteiger partial charge on any atom is -0.870 e. The Kier molecular flexibility index (Phi) is 7.70. The molecule has 4 nitrogen and oxygen atoms in total. The van der Waals surface area contributed by atoms with Crippen molar-refractivity contribution in [3.05, 3.63) is 29.8 Å². The number of benzene rings is 1. The van der Waals surface area contributed by atoms with Crippen LogP contribution in [0.15, 0.2) is 24.3 Å². The van der Waals surface area contributed by atoms with Crippen LogP contribution in [0.25, 0.3) is 0 Å². The fraction of sp³-hybridized carbons (Fsp3) is 0.222. The molecule has 74 valence electrons. The van der Waals surface area contributed by atoms with Crippen LogP contribution in [0, 0.1) is 0 Å². The van der Waals surface area contributed by atoms with Crippen molar-refractivity contribution < 1.29 is 20.5 Å². The second kappa shape index (κ2) is 7.11. The summed E-state index contributed by atoms with van der Waals surface area (Å²) in [7, 11) is 6.89. The fourth-order valence-corrected chi connectivity index (χ4v) is 0.942. The summed E-state index contributed by atoms with van der Waals surface area (Å²) in [6.45, 7) is 0. The molecule has 0 radical (unpaired) electrons. The third kappa shape index (κ3) is 4.64. The van der Waals surface area contributed by atoms with Gasteiger partial charge in [-0.25, -0.2) is 0 Å². The quantitative estimate of drug-likeness (QED) is 0.483. The van der Waals surface area contributed by atoms with Crippen LogP contribution in [0.4, 0.5) is 0 Å². The summed E-state index contributed by atoms with van der Waals surface area (Å²) in [5.74, 6) is -0.249. The molecule has 0 spiro atoms. The predicted octanol–water partition coefficient (Wildman–Crippen LogP) is -0.158. The number of methoxy groups -OCH3 is 1. The minimum atomic E-state index is -0.249. The van der Waals surface area contributed by atoms with Crippen LogP contribution in [0.5, 0.6) is 0 Å². The van der Waals surface area contributed by atoms with Crippen LogP contribution in [0.2, 0.25) is 0 Å². The number of carbonyl (C=O) groups is 1. The molecule has 0 saturated carbocycles. The Labute approximate surface area is 83.9 Å². The summed E-state index contributed by atoms with van der Waals surface area (Å²) in [4.78, 5) is 10.8. The van der Waals surface area contributed by atoms with Gasteiger partial charge in [0.2, 0.25) is 0 Å². The zero-order chi connectivity index (χ0) is 8.97. The van der Waals surface area contributed by atoms with E-state index in [-0.39, 0.29) is 23.3 Å². The van der Waals surface area contributed by atoms with Crippen LogP contribution in [0.3, 0.4) is 0 Å². The maximum atomic E-state index is 10.8. The van der Waals surface area contributed by atoms with Crippen molar-refractivity contribution in [2.24, 2.45) is 0 Å². The first-order valence-electron chi connectivity index (χ1n) is 3.63. The van der Waals surface area contributed by atoms with Gasteiger partial charge in [0.1, 0.15) is 0 Å². The first-order valence-corrected chi connectivity index (χ1v) is 3.63. The molecular weight excluding hydrogens is 183 g/mol. The second-order valence-electron chi connectivity index (χ2n) is 2.50. The van der Waals surface area contributed by atoms with E-state index in [1.165, 1.54) is 7.11 Å². The van der Waals surface area contributed by atoms with Gasteiger partial charge in [0.25, 0.3) is 0 Å². The van der Waals surface area contributed by atoms with Gasteiger partial charge in [-0.05, 0) is 0 Å². The smallest absolute Gasteiger partial charge is 0.870 e. The molecule has 14 heavy (non-hydrogen) atoms. The van der Waals surface area contributed by atoms with E-state index < -0.39 is 0 Å². The summed E-state index contributed by atoms with van der Waals surface area (Å²) in [6.07, 6.45) is 0.279. The molecule has 1 aromatic carbocycles. The van der Waals surface area contributed by atoms with Crippen molar-refractivity contribution in [2.75, 3.05) is 7.11 Å². The standard InChI is InChI=1S/C9H9BO2.2H2O/c1-12-9(11)6-7-3-2-4-8(10)5-7;;/h2-5H,6H2,1H3;2*1H2/q+2;;/p-2. The summed E-state index contributed by atoms with van der Waals surface area (Å²) < 4.78 is 4.51. The van der Waals surface area contributed by atoms with Gasteiger partial charge in [-0.3, -0.25) is 0 Å². The molecule has 0 atom stereocenters. The van der Waals surface area contributed by atoms with E-state index in [2.05, 4.69) is 4.74 Å². The van der Waals surface area contributed by atoms with E-state index in [1.54, 1.807) is 12.1 Å². The Balaban J connectivity index is 0. The van der Waals surface area contributed by atoms with E-state index in [0.717, 1.165) is 5.56 Å². The van der Waals surface area contributed by atoms with Gasteiger partial charge in [-0.2, -0.15) is 0 Å². The Morgan fingerprint density at radius 2 is 2.07 bits per heavy atom. The zero-order valence-corrected chi connectivity index (χ0v) is 7.80. The van der Waals surface area contributed by atoms with Gasteiger partial charge in [0.15, 0.2) is 0 Å². The molecule has 0 aliphatic carbocycles. The van der Waals surface area contributed by atoms with Gasteiger partial charge in [-0.15, -0.1) is 0 Å². The molecular formula is C9H11BO4. The summed E-state index contributed by atoms with van der Waals surface area (Å²) >= 11 is 0. The molecule has 0 saturated heterocycles. The minimum Gasteiger partial charge on any atom is -0.870 e. The molecule has 0 bridgehead atoms. The monoisotopic (exact) mass is 194 g/mol.